The van der Waals surface area contributed by atoms with Gasteiger partial charge in [-0.2, -0.15) is 0 Å². The molecule has 1 heterocycles. The van der Waals surface area contributed by atoms with Crippen molar-refractivity contribution in [2.45, 2.75) is 11.8 Å². The smallest absolute Gasteiger partial charge is 0.264 e. The summed E-state index contributed by atoms with van der Waals surface area (Å²) in [7, 11) is -3.96. The maximum absolute atomic E-state index is 13.5. The molecule has 178 valence electrons. The summed E-state index contributed by atoms with van der Waals surface area (Å²) in [6.07, 6.45) is 0. The molecule has 0 radical (unpaired) electrons. The van der Waals surface area contributed by atoms with E-state index in [0.717, 1.165) is 15.6 Å². The van der Waals surface area contributed by atoms with Gasteiger partial charge in [0.15, 0.2) is 0 Å². The molecule has 3 aromatic carbocycles. The normalized spacial score (nSPS) is 14.2. The molecule has 0 spiro atoms. The predicted molar refractivity (Wildman–Crippen MR) is 137 cm³/mol. The van der Waals surface area contributed by atoms with Crippen LogP contribution in [0.25, 0.3) is 0 Å². The number of benzene rings is 3. The molecule has 1 amide bonds. The van der Waals surface area contributed by atoms with E-state index in [-0.39, 0.29) is 17.3 Å². The van der Waals surface area contributed by atoms with Crippen molar-refractivity contribution in [2.75, 3.05) is 41.9 Å². The van der Waals surface area contributed by atoms with Gasteiger partial charge in [0.25, 0.3) is 10.0 Å². The Morgan fingerprint density at radius 1 is 0.882 bits per heavy atom. The van der Waals surface area contributed by atoms with E-state index in [1.54, 1.807) is 53.4 Å². The minimum atomic E-state index is -3.96. The number of hydrogen-bond donors (Lipinski definition) is 0. The van der Waals surface area contributed by atoms with Gasteiger partial charge in [-0.25, -0.2) is 8.42 Å². The van der Waals surface area contributed by atoms with Crippen molar-refractivity contribution in [3.63, 3.8) is 0 Å². The number of nitrogens with zero attached hydrogens (tertiary/aromatic N) is 3. The van der Waals surface area contributed by atoms with Crippen LogP contribution in [0.1, 0.15) is 5.56 Å². The Kier molecular flexibility index (Phi) is 7.36. The van der Waals surface area contributed by atoms with Gasteiger partial charge in [-0.1, -0.05) is 47.0 Å². The quantitative estimate of drug-likeness (QED) is 0.469. The Morgan fingerprint density at radius 3 is 2.15 bits per heavy atom. The van der Waals surface area contributed by atoms with Crippen LogP contribution in [0.4, 0.5) is 11.4 Å². The van der Waals surface area contributed by atoms with E-state index in [2.05, 4.69) is 4.90 Å². The first-order valence-electron chi connectivity index (χ1n) is 10.9. The van der Waals surface area contributed by atoms with Gasteiger partial charge in [-0.05, 0) is 61.5 Å². The number of rotatable bonds is 6. The van der Waals surface area contributed by atoms with E-state index < -0.39 is 10.0 Å². The molecule has 1 saturated heterocycles. The van der Waals surface area contributed by atoms with Crippen LogP contribution in [0, 0.1) is 6.92 Å². The zero-order valence-corrected chi connectivity index (χ0v) is 21.0. The SMILES string of the molecule is Cc1ccc(S(=O)(=O)N(CC(=O)N2CCN(c3cccc(Cl)c3)CC2)c2ccc(Cl)cc2)cc1. The summed E-state index contributed by atoms with van der Waals surface area (Å²) < 4.78 is 28.2. The predicted octanol–water partition coefficient (Wildman–Crippen LogP) is 4.85. The van der Waals surface area contributed by atoms with Crippen LogP contribution >= 0.6 is 23.2 Å². The standard InChI is InChI=1S/C25H25Cl2N3O3S/c1-19-5-11-24(12-6-19)34(32,33)30(22-9-7-20(26)8-10-22)18-25(31)29-15-13-28(14-16-29)23-4-2-3-21(27)17-23/h2-12,17H,13-16,18H2,1H3. The zero-order valence-electron chi connectivity index (χ0n) is 18.7. The molecule has 1 aliphatic heterocycles. The summed E-state index contributed by atoms with van der Waals surface area (Å²) in [4.78, 5) is 17.2. The largest absolute Gasteiger partial charge is 0.368 e. The lowest BCUT2D eigenvalue weighted by atomic mass is 10.2. The molecule has 6 nitrogen and oxygen atoms in total. The number of halogens is 2. The Bertz CT molecular complexity index is 1260. The van der Waals surface area contributed by atoms with Crippen LogP contribution in [0.15, 0.2) is 77.7 Å². The lowest BCUT2D eigenvalue weighted by Crippen LogP contribution is -2.52. The molecule has 1 fully saturated rings. The highest BCUT2D eigenvalue weighted by Crippen LogP contribution is 2.26. The van der Waals surface area contributed by atoms with E-state index >= 15 is 0 Å². The molecule has 0 aliphatic carbocycles. The van der Waals surface area contributed by atoms with Crippen molar-refractivity contribution in [3.05, 3.63) is 88.4 Å². The fourth-order valence-electron chi connectivity index (χ4n) is 3.87. The van der Waals surface area contributed by atoms with Gasteiger partial charge in [-0.15, -0.1) is 0 Å². The highest BCUT2D eigenvalue weighted by atomic mass is 35.5. The van der Waals surface area contributed by atoms with Gasteiger partial charge in [0, 0.05) is 41.9 Å². The average molecular weight is 518 g/mol. The van der Waals surface area contributed by atoms with Crippen LogP contribution in [-0.2, 0) is 14.8 Å². The van der Waals surface area contributed by atoms with E-state index in [0.29, 0.717) is 41.9 Å². The number of piperazine rings is 1. The van der Waals surface area contributed by atoms with Crippen molar-refractivity contribution in [3.8, 4) is 0 Å². The molecular weight excluding hydrogens is 493 g/mol. The molecule has 3 aromatic rings. The first-order chi connectivity index (χ1) is 16.2. The second-order valence-corrected chi connectivity index (χ2v) is 10.9. The number of aryl methyl sites for hydroxylation is 1. The summed E-state index contributed by atoms with van der Waals surface area (Å²) in [5.74, 6) is -0.253. The molecule has 9 heteroatoms. The fourth-order valence-corrected chi connectivity index (χ4v) is 5.59. The number of hydrogen-bond acceptors (Lipinski definition) is 4. The third kappa shape index (κ3) is 5.49. The van der Waals surface area contributed by atoms with Crippen LogP contribution in [0.2, 0.25) is 10.0 Å². The van der Waals surface area contributed by atoms with Gasteiger partial charge in [0.2, 0.25) is 5.91 Å². The molecule has 4 rings (SSSR count). The lowest BCUT2D eigenvalue weighted by molar-refractivity contribution is -0.129. The number of carbonyl (C=O) groups excluding carboxylic acids is 1. The maximum atomic E-state index is 13.5. The average Bonchev–Trinajstić information content (AvgIpc) is 2.83. The molecule has 1 aliphatic rings. The van der Waals surface area contributed by atoms with Crippen LogP contribution < -0.4 is 9.21 Å². The molecule has 0 unspecified atom stereocenters. The van der Waals surface area contributed by atoms with Gasteiger partial charge < -0.3 is 9.80 Å². The van der Waals surface area contributed by atoms with Crippen LogP contribution in [0.3, 0.4) is 0 Å². The summed E-state index contributed by atoms with van der Waals surface area (Å²) in [5, 5.41) is 1.15. The number of carbonyl (C=O) groups is 1. The van der Waals surface area contributed by atoms with Crippen molar-refractivity contribution in [1.82, 2.24) is 4.90 Å². The topological polar surface area (TPSA) is 60.9 Å². The molecule has 0 aromatic heterocycles. The van der Waals surface area contributed by atoms with Crippen molar-refractivity contribution >= 4 is 50.5 Å². The van der Waals surface area contributed by atoms with Gasteiger partial charge in [-0.3, -0.25) is 9.10 Å². The van der Waals surface area contributed by atoms with E-state index in [4.69, 9.17) is 23.2 Å². The van der Waals surface area contributed by atoms with E-state index in [1.165, 1.54) is 0 Å². The summed E-state index contributed by atoms with van der Waals surface area (Å²) >= 11 is 12.1. The molecule has 34 heavy (non-hydrogen) atoms. The van der Waals surface area contributed by atoms with E-state index in [1.807, 2.05) is 31.2 Å². The Balaban J connectivity index is 1.53. The minimum Gasteiger partial charge on any atom is -0.368 e. The van der Waals surface area contributed by atoms with Gasteiger partial charge in [0.05, 0.1) is 10.6 Å². The van der Waals surface area contributed by atoms with E-state index in [9.17, 15) is 13.2 Å². The van der Waals surface area contributed by atoms with Gasteiger partial charge in [0.1, 0.15) is 6.54 Å². The molecule has 0 atom stereocenters. The highest BCUT2D eigenvalue weighted by Gasteiger charge is 2.30. The Hall–Kier alpha value is -2.74. The third-order valence-electron chi connectivity index (χ3n) is 5.81. The number of anilines is 2. The first kappa shape index (κ1) is 24.4. The molecule has 0 bridgehead atoms. The summed E-state index contributed by atoms with van der Waals surface area (Å²) in [6, 6.07) is 20.6. The lowest BCUT2D eigenvalue weighted by Gasteiger charge is -2.37. The van der Waals surface area contributed by atoms with Crippen molar-refractivity contribution in [1.29, 1.82) is 0 Å². The van der Waals surface area contributed by atoms with Crippen LogP contribution in [-0.4, -0.2) is 51.9 Å². The van der Waals surface area contributed by atoms with Crippen molar-refractivity contribution in [2.24, 2.45) is 0 Å². The second-order valence-electron chi connectivity index (χ2n) is 8.15. The monoisotopic (exact) mass is 517 g/mol. The Morgan fingerprint density at radius 2 is 1.53 bits per heavy atom. The summed E-state index contributed by atoms with van der Waals surface area (Å²) in [5.41, 5.74) is 2.34. The molecule has 0 saturated carbocycles. The maximum Gasteiger partial charge on any atom is 0.264 e. The third-order valence-corrected chi connectivity index (χ3v) is 8.08. The van der Waals surface area contributed by atoms with Crippen LogP contribution in [0.5, 0.6) is 0 Å². The van der Waals surface area contributed by atoms with Gasteiger partial charge >= 0.3 is 0 Å². The zero-order chi connectivity index (χ0) is 24.3. The van der Waals surface area contributed by atoms with Crippen molar-refractivity contribution < 1.29 is 13.2 Å². The number of amides is 1. The molecular formula is C25H25Cl2N3O3S. The second kappa shape index (κ2) is 10.3. The number of sulfonamides is 1. The minimum absolute atomic E-state index is 0.131. The molecule has 0 N–H and O–H groups in total. The summed E-state index contributed by atoms with van der Waals surface area (Å²) in [6.45, 7) is 3.85. The highest BCUT2D eigenvalue weighted by molar-refractivity contribution is 7.92. The fraction of sp³-hybridized carbons (Fsp3) is 0.240. The Labute approximate surface area is 210 Å². The first-order valence-corrected chi connectivity index (χ1v) is 13.1.